The predicted octanol–water partition coefficient (Wildman–Crippen LogP) is 2.78. The van der Waals surface area contributed by atoms with Crippen LogP contribution in [0.15, 0.2) is 24.3 Å². The van der Waals surface area contributed by atoms with E-state index in [0.717, 1.165) is 31.6 Å². The van der Waals surface area contributed by atoms with Crippen LogP contribution in [0.25, 0.3) is 0 Å². The van der Waals surface area contributed by atoms with Crippen LogP contribution < -0.4 is 5.32 Å². The highest BCUT2D eigenvalue weighted by molar-refractivity contribution is 5.77. The van der Waals surface area contributed by atoms with Crippen LogP contribution in [-0.4, -0.2) is 37.5 Å². The Morgan fingerprint density at radius 2 is 2.33 bits per heavy atom. The zero-order valence-corrected chi connectivity index (χ0v) is 12.9. The van der Waals surface area contributed by atoms with E-state index in [2.05, 4.69) is 5.32 Å². The summed E-state index contributed by atoms with van der Waals surface area (Å²) in [6.07, 6.45) is 2.71. The molecule has 1 aromatic carbocycles. The molecule has 3 nitrogen and oxygen atoms in total. The minimum absolute atomic E-state index is 0.0536. The molecule has 2 atom stereocenters. The lowest BCUT2D eigenvalue weighted by atomic mass is 9.94. The van der Waals surface area contributed by atoms with Gasteiger partial charge in [0.15, 0.2) is 0 Å². The monoisotopic (exact) mass is 292 g/mol. The van der Waals surface area contributed by atoms with E-state index in [1.54, 1.807) is 6.07 Å². The Morgan fingerprint density at radius 3 is 3.05 bits per heavy atom. The molecule has 116 valence electrons. The first-order chi connectivity index (χ1) is 10.1. The first kappa shape index (κ1) is 16.0. The summed E-state index contributed by atoms with van der Waals surface area (Å²) in [5.74, 6) is 0.557. The third-order valence-corrected chi connectivity index (χ3v) is 4.26. The van der Waals surface area contributed by atoms with Gasteiger partial charge in [0.1, 0.15) is 5.82 Å². The van der Waals surface area contributed by atoms with Crippen molar-refractivity contribution in [3.05, 3.63) is 35.6 Å². The molecule has 21 heavy (non-hydrogen) atoms. The summed E-state index contributed by atoms with van der Waals surface area (Å²) < 4.78 is 13.3. The molecular weight excluding hydrogens is 267 g/mol. The molecule has 4 heteroatoms. The predicted molar refractivity (Wildman–Crippen MR) is 82.7 cm³/mol. The number of amides is 1. The van der Waals surface area contributed by atoms with E-state index in [-0.39, 0.29) is 17.6 Å². The molecule has 0 saturated carbocycles. The largest absolute Gasteiger partial charge is 0.342 e. The van der Waals surface area contributed by atoms with Crippen LogP contribution in [0.1, 0.15) is 37.7 Å². The summed E-state index contributed by atoms with van der Waals surface area (Å²) in [4.78, 5) is 14.4. The Kier molecular flexibility index (Phi) is 5.74. The fourth-order valence-corrected chi connectivity index (χ4v) is 3.07. The number of hydrogen-bond donors (Lipinski definition) is 1. The van der Waals surface area contributed by atoms with E-state index in [4.69, 9.17) is 0 Å². The first-order valence-electron chi connectivity index (χ1n) is 7.78. The smallest absolute Gasteiger partial charge is 0.223 e. The zero-order chi connectivity index (χ0) is 15.2. The number of benzene rings is 1. The lowest BCUT2D eigenvalue weighted by Crippen LogP contribution is -2.42. The molecule has 1 saturated heterocycles. The number of nitrogens with zero attached hydrogens (tertiary/aromatic N) is 1. The molecule has 0 aromatic heterocycles. The molecular formula is C17H25FN2O. The summed E-state index contributed by atoms with van der Waals surface area (Å²) >= 11 is 0. The second-order valence-corrected chi connectivity index (χ2v) is 6.07. The van der Waals surface area contributed by atoms with E-state index in [0.29, 0.717) is 12.3 Å². The molecule has 0 bridgehead atoms. The summed E-state index contributed by atoms with van der Waals surface area (Å²) in [7, 11) is 1.95. The molecule has 1 aliphatic heterocycles. The molecule has 2 rings (SSSR count). The number of hydrogen-bond acceptors (Lipinski definition) is 2. The normalized spacial score (nSPS) is 20.3. The maximum Gasteiger partial charge on any atom is 0.223 e. The van der Waals surface area contributed by atoms with Crippen molar-refractivity contribution in [3.8, 4) is 0 Å². The molecule has 1 aliphatic rings. The lowest BCUT2D eigenvalue weighted by Gasteiger charge is -2.33. The quantitative estimate of drug-likeness (QED) is 0.905. The Bertz CT molecular complexity index is 476. The fourth-order valence-electron chi connectivity index (χ4n) is 3.07. The minimum atomic E-state index is -0.237. The number of carbonyl (C=O) groups is 1. The first-order valence-corrected chi connectivity index (χ1v) is 7.78. The van der Waals surface area contributed by atoms with Crippen molar-refractivity contribution in [2.45, 2.75) is 32.1 Å². The number of halogens is 1. The molecule has 1 heterocycles. The molecule has 0 spiro atoms. The number of carbonyl (C=O) groups excluding carboxylic acids is 1. The zero-order valence-electron chi connectivity index (χ0n) is 12.9. The van der Waals surface area contributed by atoms with Crippen LogP contribution in [0.5, 0.6) is 0 Å². The van der Waals surface area contributed by atoms with E-state index in [9.17, 15) is 9.18 Å². The second kappa shape index (κ2) is 7.55. The SMILES string of the molecule is CNCC1CCCN(C(=O)CC(C)c2cccc(F)c2)C1. The third kappa shape index (κ3) is 4.53. The number of nitrogens with one attached hydrogen (secondary N) is 1. The molecule has 0 aliphatic carbocycles. The Labute approximate surface area is 126 Å². The van der Waals surface area contributed by atoms with Gasteiger partial charge < -0.3 is 10.2 Å². The molecule has 1 aromatic rings. The highest BCUT2D eigenvalue weighted by Crippen LogP contribution is 2.23. The number of piperidine rings is 1. The summed E-state index contributed by atoms with van der Waals surface area (Å²) in [6, 6.07) is 6.56. The van der Waals surface area contributed by atoms with Gasteiger partial charge in [-0.2, -0.15) is 0 Å². The van der Waals surface area contributed by atoms with Crippen LogP contribution in [0.2, 0.25) is 0 Å². The summed E-state index contributed by atoms with van der Waals surface area (Å²) in [6.45, 7) is 4.65. The molecule has 0 radical (unpaired) electrons. The van der Waals surface area contributed by atoms with Gasteiger partial charge in [0.05, 0.1) is 0 Å². The van der Waals surface area contributed by atoms with Gasteiger partial charge in [-0.05, 0) is 56.0 Å². The third-order valence-electron chi connectivity index (χ3n) is 4.26. The van der Waals surface area contributed by atoms with Gasteiger partial charge in [0.25, 0.3) is 0 Å². The van der Waals surface area contributed by atoms with Crippen molar-refractivity contribution in [3.63, 3.8) is 0 Å². The highest BCUT2D eigenvalue weighted by Gasteiger charge is 2.24. The second-order valence-electron chi connectivity index (χ2n) is 6.07. The van der Waals surface area contributed by atoms with Crippen molar-refractivity contribution in [1.82, 2.24) is 10.2 Å². The number of rotatable bonds is 5. The molecule has 2 unspecified atom stereocenters. The van der Waals surface area contributed by atoms with Crippen molar-refractivity contribution < 1.29 is 9.18 Å². The van der Waals surface area contributed by atoms with Crippen molar-refractivity contribution in [2.24, 2.45) is 5.92 Å². The summed E-state index contributed by atoms with van der Waals surface area (Å²) in [5, 5.41) is 3.19. The average molecular weight is 292 g/mol. The van der Waals surface area contributed by atoms with Gasteiger partial charge in [-0.1, -0.05) is 19.1 Å². The fraction of sp³-hybridized carbons (Fsp3) is 0.588. The van der Waals surface area contributed by atoms with Crippen molar-refractivity contribution >= 4 is 5.91 Å². The van der Waals surface area contributed by atoms with Gasteiger partial charge in [0.2, 0.25) is 5.91 Å². The maximum atomic E-state index is 13.3. The lowest BCUT2D eigenvalue weighted by molar-refractivity contribution is -0.133. The highest BCUT2D eigenvalue weighted by atomic mass is 19.1. The van der Waals surface area contributed by atoms with Crippen LogP contribution in [0.3, 0.4) is 0 Å². The van der Waals surface area contributed by atoms with Gasteiger partial charge in [0, 0.05) is 19.5 Å². The Morgan fingerprint density at radius 1 is 1.52 bits per heavy atom. The molecule has 1 N–H and O–H groups in total. The average Bonchev–Trinajstić information content (AvgIpc) is 2.48. The van der Waals surface area contributed by atoms with Crippen LogP contribution in [0.4, 0.5) is 4.39 Å². The summed E-state index contributed by atoms with van der Waals surface area (Å²) in [5.41, 5.74) is 0.895. The van der Waals surface area contributed by atoms with Crippen LogP contribution in [0, 0.1) is 11.7 Å². The standard InChI is InChI=1S/C17H25FN2O/c1-13(15-6-3-7-16(18)10-15)9-17(21)20-8-4-5-14(12-20)11-19-2/h3,6-7,10,13-14,19H,4-5,8-9,11-12H2,1-2H3. The molecule has 1 fully saturated rings. The maximum absolute atomic E-state index is 13.3. The van der Waals surface area contributed by atoms with E-state index in [1.165, 1.54) is 18.6 Å². The molecule has 1 amide bonds. The van der Waals surface area contributed by atoms with Crippen LogP contribution >= 0.6 is 0 Å². The topological polar surface area (TPSA) is 32.3 Å². The van der Waals surface area contributed by atoms with Crippen molar-refractivity contribution in [1.29, 1.82) is 0 Å². The Hall–Kier alpha value is -1.42. The van der Waals surface area contributed by atoms with E-state index in [1.807, 2.05) is 24.9 Å². The number of likely N-dealkylation sites (tertiary alicyclic amines) is 1. The minimum Gasteiger partial charge on any atom is -0.342 e. The van der Waals surface area contributed by atoms with Gasteiger partial charge in [-0.25, -0.2) is 4.39 Å². The van der Waals surface area contributed by atoms with Gasteiger partial charge in [-0.15, -0.1) is 0 Å². The van der Waals surface area contributed by atoms with Crippen LogP contribution in [-0.2, 0) is 4.79 Å². The van der Waals surface area contributed by atoms with Gasteiger partial charge >= 0.3 is 0 Å². The Balaban J connectivity index is 1.91. The van der Waals surface area contributed by atoms with Gasteiger partial charge in [-0.3, -0.25) is 4.79 Å². The van der Waals surface area contributed by atoms with E-state index < -0.39 is 0 Å². The van der Waals surface area contributed by atoms with E-state index >= 15 is 0 Å². The van der Waals surface area contributed by atoms with Crippen molar-refractivity contribution in [2.75, 3.05) is 26.7 Å².